The zero-order chi connectivity index (χ0) is 13.2. The van der Waals surface area contributed by atoms with Gasteiger partial charge in [0.2, 0.25) is 0 Å². The highest BCUT2D eigenvalue weighted by Gasteiger charge is 2.03. The van der Waals surface area contributed by atoms with E-state index in [1.54, 1.807) is 11.8 Å². The second kappa shape index (κ2) is 5.27. The van der Waals surface area contributed by atoms with Crippen LogP contribution in [0.3, 0.4) is 0 Å². The quantitative estimate of drug-likeness (QED) is 0.642. The summed E-state index contributed by atoms with van der Waals surface area (Å²) in [5.41, 5.74) is 6.53. The topological polar surface area (TPSA) is 26.0 Å². The van der Waals surface area contributed by atoms with E-state index in [4.69, 9.17) is 5.73 Å². The molecule has 19 heavy (non-hydrogen) atoms. The first-order chi connectivity index (χ1) is 9.22. The van der Waals surface area contributed by atoms with E-state index in [-0.39, 0.29) is 0 Å². The molecule has 3 heteroatoms. The van der Waals surface area contributed by atoms with E-state index in [1.165, 1.54) is 20.6 Å². The number of nitrogen functional groups attached to an aromatic ring is 1. The maximum absolute atomic E-state index is 5.76. The predicted molar refractivity (Wildman–Crippen MR) is 86.6 cm³/mol. The normalized spacial score (nSPS) is 10.8. The van der Waals surface area contributed by atoms with Crippen molar-refractivity contribution in [3.63, 3.8) is 0 Å². The van der Waals surface area contributed by atoms with Gasteiger partial charge in [-0.15, -0.1) is 0 Å². The largest absolute Gasteiger partial charge is 0.399 e. The summed E-state index contributed by atoms with van der Waals surface area (Å²) in [6.07, 6.45) is 0. The Balaban J connectivity index is 1.96. The van der Waals surface area contributed by atoms with E-state index in [9.17, 15) is 0 Å². The van der Waals surface area contributed by atoms with Gasteiger partial charge in [-0.05, 0) is 57.0 Å². The lowest BCUT2D eigenvalue weighted by Gasteiger charge is -2.06. The molecular weight excluding hydrogens is 318 g/mol. The Bertz CT molecular complexity index is 740. The molecule has 0 atom stereocenters. The molecule has 0 bridgehead atoms. The van der Waals surface area contributed by atoms with Crippen LogP contribution in [-0.4, -0.2) is 0 Å². The first-order valence-electron chi connectivity index (χ1n) is 5.94. The molecule has 2 N–H and O–H groups in total. The van der Waals surface area contributed by atoms with Gasteiger partial charge in [0.15, 0.2) is 0 Å². The molecule has 0 aliphatic rings. The molecule has 0 saturated heterocycles. The molecule has 0 aliphatic heterocycles. The Morgan fingerprint density at radius 2 is 1.63 bits per heavy atom. The van der Waals surface area contributed by atoms with Crippen molar-refractivity contribution in [3.8, 4) is 0 Å². The molecule has 3 rings (SSSR count). The van der Waals surface area contributed by atoms with Crippen molar-refractivity contribution in [3.05, 3.63) is 65.1 Å². The fraction of sp³-hybridized carbons (Fsp3) is 0. The summed E-state index contributed by atoms with van der Waals surface area (Å²) in [5, 5.41) is 2.53. The molecule has 1 nitrogen and oxygen atoms in total. The van der Waals surface area contributed by atoms with Crippen molar-refractivity contribution >= 4 is 44.2 Å². The number of benzene rings is 3. The van der Waals surface area contributed by atoms with Gasteiger partial charge in [0.1, 0.15) is 0 Å². The van der Waals surface area contributed by atoms with Gasteiger partial charge in [-0.2, -0.15) is 0 Å². The van der Waals surface area contributed by atoms with E-state index in [0.717, 1.165) is 10.2 Å². The number of nitrogens with two attached hydrogens (primary N) is 1. The maximum atomic E-state index is 5.76. The number of hydrogen-bond donors (Lipinski definition) is 1. The van der Waals surface area contributed by atoms with Crippen LogP contribution in [0.15, 0.2) is 74.9 Å². The number of rotatable bonds is 2. The molecular formula is C16H12BrNS. The van der Waals surface area contributed by atoms with Crippen molar-refractivity contribution in [1.82, 2.24) is 0 Å². The summed E-state index contributed by atoms with van der Waals surface area (Å²) in [6, 6.07) is 20.8. The SMILES string of the molecule is Nc1ccc(Sc2ccc3ccccc3c2)c(Br)c1. The third-order valence-corrected chi connectivity index (χ3v) is 4.89. The smallest absolute Gasteiger partial charge is 0.0335 e. The Morgan fingerprint density at radius 1 is 0.842 bits per heavy atom. The van der Waals surface area contributed by atoms with Gasteiger partial charge in [-0.1, -0.05) is 42.1 Å². The van der Waals surface area contributed by atoms with Crippen LogP contribution in [0, 0.1) is 0 Å². The van der Waals surface area contributed by atoms with Crippen LogP contribution < -0.4 is 5.73 Å². The predicted octanol–water partition coefficient (Wildman–Crippen LogP) is 5.34. The minimum Gasteiger partial charge on any atom is -0.399 e. The summed E-state index contributed by atoms with van der Waals surface area (Å²) >= 11 is 5.29. The highest BCUT2D eigenvalue weighted by atomic mass is 79.9. The Kier molecular flexibility index (Phi) is 3.49. The van der Waals surface area contributed by atoms with E-state index in [2.05, 4.69) is 58.4 Å². The van der Waals surface area contributed by atoms with Gasteiger partial charge in [0.25, 0.3) is 0 Å². The van der Waals surface area contributed by atoms with E-state index in [1.807, 2.05) is 18.2 Å². The van der Waals surface area contributed by atoms with Crippen molar-refractivity contribution in [2.45, 2.75) is 9.79 Å². The fourth-order valence-electron chi connectivity index (χ4n) is 1.96. The average molecular weight is 330 g/mol. The first-order valence-corrected chi connectivity index (χ1v) is 7.55. The molecule has 0 amide bonds. The highest BCUT2D eigenvalue weighted by Crippen LogP contribution is 2.35. The second-order valence-corrected chi connectivity index (χ2v) is 6.27. The molecule has 0 spiro atoms. The summed E-state index contributed by atoms with van der Waals surface area (Å²) in [4.78, 5) is 2.40. The molecule has 3 aromatic rings. The zero-order valence-electron chi connectivity index (χ0n) is 10.1. The molecule has 0 saturated carbocycles. The molecule has 94 valence electrons. The lowest BCUT2D eigenvalue weighted by atomic mass is 10.1. The molecule has 0 unspecified atom stereocenters. The Hall–Kier alpha value is -1.45. The molecule has 0 heterocycles. The highest BCUT2D eigenvalue weighted by molar-refractivity contribution is 9.10. The van der Waals surface area contributed by atoms with Gasteiger partial charge in [-0.3, -0.25) is 0 Å². The molecule has 0 aliphatic carbocycles. The molecule has 3 aromatic carbocycles. The minimum absolute atomic E-state index is 0.773. The van der Waals surface area contributed by atoms with Crippen molar-refractivity contribution in [2.24, 2.45) is 0 Å². The van der Waals surface area contributed by atoms with E-state index >= 15 is 0 Å². The number of anilines is 1. The number of fused-ring (bicyclic) bond motifs is 1. The van der Waals surface area contributed by atoms with E-state index in [0.29, 0.717) is 0 Å². The van der Waals surface area contributed by atoms with Gasteiger partial charge in [0.05, 0.1) is 0 Å². The summed E-state index contributed by atoms with van der Waals surface area (Å²) in [6.45, 7) is 0. The van der Waals surface area contributed by atoms with Crippen LogP contribution in [0.1, 0.15) is 0 Å². The standard InChI is InChI=1S/C16H12BrNS/c17-15-10-13(18)6-8-16(15)19-14-7-5-11-3-1-2-4-12(11)9-14/h1-10H,18H2. The third-order valence-electron chi connectivity index (χ3n) is 2.90. The summed E-state index contributed by atoms with van der Waals surface area (Å²) < 4.78 is 1.03. The van der Waals surface area contributed by atoms with Gasteiger partial charge in [0, 0.05) is 20.0 Å². The Morgan fingerprint density at radius 3 is 2.42 bits per heavy atom. The van der Waals surface area contributed by atoms with Crippen LogP contribution in [-0.2, 0) is 0 Å². The van der Waals surface area contributed by atoms with Gasteiger partial charge in [-0.25, -0.2) is 0 Å². The summed E-state index contributed by atoms with van der Waals surface area (Å²) in [5.74, 6) is 0. The van der Waals surface area contributed by atoms with Crippen LogP contribution in [0.25, 0.3) is 10.8 Å². The number of hydrogen-bond acceptors (Lipinski definition) is 2. The minimum atomic E-state index is 0.773. The van der Waals surface area contributed by atoms with Crippen LogP contribution >= 0.6 is 27.7 Å². The van der Waals surface area contributed by atoms with Crippen LogP contribution in [0.4, 0.5) is 5.69 Å². The van der Waals surface area contributed by atoms with Crippen molar-refractivity contribution in [2.75, 3.05) is 5.73 Å². The number of halogens is 1. The van der Waals surface area contributed by atoms with Crippen molar-refractivity contribution in [1.29, 1.82) is 0 Å². The second-order valence-electron chi connectivity index (χ2n) is 4.30. The summed E-state index contributed by atoms with van der Waals surface area (Å²) in [7, 11) is 0. The van der Waals surface area contributed by atoms with Gasteiger partial charge < -0.3 is 5.73 Å². The first kappa shape index (κ1) is 12.6. The maximum Gasteiger partial charge on any atom is 0.0335 e. The van der Waals surface area contributed by atoms with Crippen LogP contribution in [0.5, 0.6) is 0 Å². The fourth-order valence-corrected chi connectivity index (χ4v) is 3.47. The van der Waals surface area contributed by atoms with E-state index < -0.39 is 0 Å². The van der Waals surface area contributed by atoms with Gasteiger partial charge >= 0.3 is 0 Å². The molecule has 0 aromatic heterocycles. The molecule has 0 radical (unpaired) electrons. The lowest BCUT2D eigenvalue weighted by Crippen LogP contribution is -1.84. The molecule has 0 fully saturated rings. The zero-order valence-corrected chi connectivity index (χ0v) is 12.5. The lowest BCUT2D eigenvalue weighted by molar-refractivity contribution is 1.38. The average Bonchev–Trinajstić information content (AvgIpc) is 2.42. The monoisotopic (exact) mass is 329 g/mol. The van der Waals surface area contributed by atoms with Crippen LogP contribution in [0.2, 0.25) is 0 Å². The Labute approximate surface area is 125 Å². The van der Waals surface area contributed by atoms with Crippen molar-refractivity contribution < 1.29 is 0 Å². The third kappa shape index (κ3) is 2.77.